The first-order valence-corrected chi connectivity index (χ1v) is 9.76. The number of halogens is 1. The maximum absolute atomic E-state index is 13.1. The van der Waals surface area contributed by atoms with Gasteiger partial charge in [-0.1, -0.05) is 30.3 Å². The van der Waals surface area contributed by atoms with Crippen LogP contribution in [0, 0.1) is 0 Å². The standard InChI is InChI=1S/C21H26ClN3O2/c1-16(22)21(27)25(18-10-11-18)15-20(26)24(13-17-7-4-3-5-8-17)14-19-9-6-12-23(19)2/h3-9,12,16,18H,10-11,13-15H2,1-2H3/t16-/m0/s1. The van der Waals surface area contributed by atoms with Crippen molar-refractivity contribution in [2.45, 2.75) is 44.3 Å². The highest BCUT2D eigenvalue weighted by molar-refractivity contribution is 6.30. The van der Waals surface area contributed by atoms with Gasteiger partial charge < -0.3 is 14.4 Å². The second-order valence-corrected chi connectivity index (χ2v) is 7.81. The topological polar surface area (TPSA) is 45.6 Å². The van der Waals surface area contributed by atoms with Crippen LogP contribution >= 0.6 is 11.6 Å². The average Bonchev–Trinajstić information content (AvgIpc) is 3.42. The summed E-state index contributed by atoms with van der Waals surface area (Å²) in [6.07, 6.45) is 3.86. The minimum absolute atomic E-state index is 0.0578. The van der Waals surface area contributed by atoms with Crippen molar-refractivity contribution in [1.29, 1.82) is 0 Å². The third kappa shape index (κ3) is 5.13. The number of hydrogen-bond acceptors (Lipinski definition) is 2. The molecular weight excluding hydrogens is 362 g/mol. The number of alkyl halides is 1. The van der Waals surface area contributed by atoms with E-state index in [9.17, 15) is 9.59 Å². The number of hydrogen-bond donors (Lipinski definition) is 0. The van der Waals surface area contributed by atoms with E-state index in [0.717, 1.165) is 24.1 Å². The molecule has 1 aromatic heterocycles. The summed E-state index contributed by atoms with van der Waals surface area (Å²) >= 11 is 6.00. The number of aryl methyl sites for hydroxylation is 1. The Morgan fingerprint density at radius 3 is 2.41 bits per heavy atom. The Hall–Kier alpha value is -2.27. The van der Waals surface area contributed by atoms with Crippen LogP contribution in [0.1, 0.15) is 31.0 Å². The Bertz CT molecular complexity index is 784. The molecule has 0 saturated heterocycles. The Morgan fingerprint density at radius 2 is 1.85 bits per heavy atom. The fourth-order valence-electron chi connectivity index (χ4n) is 3.14. The lowest BCUT2D eigenvalue weighted by Crippen LogP contribution is -2.45. The first-order chi connectivity index (χ1) is 13.0. The van der Waals surface area contributed by atoms with Crippen LogP contribution in [0.5, 0.6) is 0 Å². The molecule has 144 valence electrons. The SMILES string of the molecule is C[C@H](Cl)C(=O)N(CC(=O)N(Cc1ccccc1)Cc1cccn1C)C1CC1. The highest BCUT2D eigenvalue weighted by Crippen LogP contribution is 2.28. The Kier molecular flexibility index (Phi) is 6.22. The predicted molar refractivity (Wildman–Crippen MR) is 106 cm³/mol. The zero-order valence-corrected chi connectivity index (χ0v) is 16.6. The first-order valence-electron chi connectivity index (χ1n) is 9.32. The lowest BCUT2D eigenvalue weighted by molar-refractivity contribution is -0.141. The Balaban J connectivity index is 1.77. The third-order valence-corrected chi connectivity index (χ3v) is 5.08. The second-order valence-electron chi connectivity index (χ2n) is 7.16. The van der Waals surface area contributed by atoms with Crippen LogP contribution in [-0.4, -0.2) is 44.1 Å². The van der Waals surface area contributed by atoms with E-state index in [0.29, 0.717) is 13.1 Å². The number of benzene rings is 1. The van der Waals surface area contributed by atoms with Gasteiger partial charge in [0, 0.05) is 31.5 Å². The molecule has 1 fully saturated rings. The normalized spacial score (nSPS) is 14.6. The van der Waals surface area contributed by atoms with Gasteiger partial charge in [0.25, 0.3) is 0 Å². The molecule has 1 atom stereocenters. The molecule has 1 saturated carbocycles. The molecule has 1 aromatic carbocycles. The largest absolute Gasteiger partial charge is 0.353 e. The number of carbonyl (C=O) groups is 2. The summed E-state index contributed by atoms with van der Waals surface area (Å²) in [6.45, 7) is 2.75. The predicted octanol–water partition coefficient (Wildman–Crippen LogP) is 3.17. The van der Waals surface area contributed by atoms with Crippen LogP contribution in [-0.2, 0) is 29.7 Å². The zero-order valence-electron chi connectivity index (χ0n) is 15.8. The monoisotopic (exact) mass is 387 g/mol. The molecule has 3 rings (SSSR count). The maximum Gasteiger partial charge on any atom is 0.242 e. The number of amides is 2. The summed E-state index contributed by atoms with van der Waals surface area (Å²) < 4.78 is 2.01. The molecule has 0 radical (unpaired) electrons. The molecule has 0 bridgehead atoms. The van der Waals surface area contributed by atoms with Crippen LogP contribution in [0.3, 0.4) is 0 Å². The minimum atomic E-state index is -0.617. The van der Waals surface area contributed by atoms with Crippen molar-refractivity contribution >= 4 is 23.4 Å². The number of carbonyl (C=O) groups excluding carboxylic acids is 2. The third-order valence-electron chi connectivity index (χ3n) is 4.89. The van der Waals surface area contributed by atoms with Crippen molar-refractivity contribution < 1.29 is 9.59 Å². The number of nitrogens with zero attached hydrogens (tertiary/aromatic N) is 3. The van der Waals surface area contributed by atoms with Crippen molar-refractivity contribution in [2.24, 2.45) is 7.05 Å². The summed E-state index contributed by atoms with van der Waals surface area (Å²) in [4.78, 5) is 29.0. The molecular formula is C21H26ClN3O2. The molecule has 1 aliphatic rings. The van der Waals surface area contributed by atoms with Gasteiger partial charge in [-0.25, -0.2) is 0 Å². The molecule has 27 heavy (non-hydrogen) atoms. The highest BCUT2D eigenvalue weighted by atomic mass is 35.5. The van der Waals surface area contributed by atoms with E-state index >= 15 is 0 Å². The molecule has 2 amide bonds. The van der Waals surface area contributed by atoms with E-state index in [4.69, 9.17) is 11.6 Å². The lowest BCUT2D eigenvalue weighted by Gasteiger charge is -2.28. The van der Waals surface area contributed by atoms with Gasteiger partial charge in [-0.15, -0.1) is 11.6 Å². The van der Waals surface area contributed by atoms with Gasteiger partial charge in [0.1, 0.15) is 11.9 Å². The highest BCUT2D eigenvalue weighted by Gasteiger charge is 2.36. The average molecular weight is 388 g/mol. The van der Waals surface area contributed by atoms with Crippen molar-refractivity contribution in [3.8, 4) is 0 Å². The summed E-state index contributed by atoms with van der Waals surface area (Å²) in [5.41, 5.74) is 2.12. The van der Waals surface area contributed by atoms with Crippen molar-refractivity contribution in [3.05, 3.63) is 59.9 Å². The number of aromatic nitrogens is 1. The van der Waals surface area contributed by atoms with Gasteiger partial charge in [-0.2, -0.15) is 0 Å². The summed E-state index contributed by atoms with van der Waals surface area (Å²) in [7, 11) is 1.97. The van der Waals surface area contributed by atoms with Crippen molar-refractivity contribution in [3.63, 3.8) is 0 Å². The van der Waals surface area contributed by atoms with Gasteiger partial charge in [0.05, 0.1) is 6.54 Å². The van der Waals surface area contributed by atoms with Gasteiger partial charge in [-0.3, -0.25) is 9.59 Å². The molecule has 5 nitrogen and oxygen atoms in total. The minimum Gasteiger partial charge on any atom is -0.353 e. The van der Waals surface area contributed by atoms with Crippen LogP contribution in [0.25, 0.3) is 0 Å². The molecule has 0 aliphatic heterocycles. The van der Waals surface area contributed by atoms with E-state index < -0.39 is 5.38 Å². The van der Waals surface area contributed by atoms with E-state index in [-0.39, 0.29) is 24.4 Å². The van der Waals surface area contributed by atoms with Crippen LogP contribution in [0.2, 0.25) is 0 Å². The molecule has 0 spiro atoms. The molecule has 1 heterocycles. The summed E-state index contributed by atoms with van der Waals surface area (Å²) in [5.74, 6) is -0.219. The Labute approximate surface area is 165 Å². The fourth-order valence-corrected chi connectivity index (χ4v) is 3.27. The fraction of sp³-hybridized carbons (Fsp3) is 0.429. The maximum atomic E-state index is 13.1. The number of rotatable bonds is 8. The van der Waals surface area contributed by atoms with Gasteiger partial charge in [-0.05, 0) is 37.5 Å². The molecule has 1 aliphatic carbocycles. The van der Waals surface area contributed by atoms with E-state index in [1.54, 1.807) is 11.8 Å². The molecule has 2 aromatic rings. The van der Waals surface area contributed by atoms with Crippen LogP contribution in [0.4, 0.5) is 0 Å². The first kappa shape index (κ1) is 19.5. The molecule has 6 heteroatoms. The van der Waals surface area contributed by atoms with Gasteiger partial charge in [0.15, 0.2) is 0 Å². The van der Waals surface area contributed by atoms with Gasteiger partial charge in [0.2, 0.25) is 11.8 Å². The summed E-state index contributed by atoms with van der Waals surface area (Å²) in [6, 6.07) is 14.0. The smallest absolute Gasteiger partial charge is 0.242 e. The van der Waals surface area contributed by atoms with Crippen molar-refractivity contribution in [1.82, 2.24) is 14.4 Å². The van der Waals surface area contributed by atoms with E-state index in [1.165, 1.54) is 0 Å². The zero-order chi connectivity index (χ0) is 19.4. The van der Waals surface area contributed by atoms with Crippen molar-refractivity contribution in [2.75, 3.05) is 6.54 Å². The molecule has 0 unspecified atom stereocenters. The second kappa shape index (κ2) is 8.61. The van der Waals surface area contributed by atoms with E-state index in [1.807, 2.05) is 65.2 Å². The quantitative estimate of drug-likeness (QED) is 0.653. The lowest BCUT2D eigenvalue weighted by atomic mass is 10.2. The van der Waals surface area contributed by atoms with E-state index in [2.05, 4.69) is 0 Å². The summed E-state index contributed by atoms with van der Waals surface area (Å²) in [5, 5.41) is -0.617. The Morgan fingerprint density at radius 1 is 1.15 bits per heavy atom. The van der Waals surface area contributed by atoms with Crippen LogP contribution in [0.15, 0.2) is 48.7 Å². The molecule has 0 N–H and O–H groups in total. The van der Waals surface area contributed by atoms with Crippen LogP contribution < -0.4 is 0 Å². The van der Waals surface area contributed by atoms with Gasteiger partial charge >= 0.3 is 0 Å².